The number of amides is 1. The van der Waals surface area contributed by atoms with Crippen LogP contribution < -0.4 is 14.8 Å². The molecule has 1 aliphatic heterocycles. The SMILES string of the molecule is COc1cncc(-n2cc(C(=O)Nc3cccc(-c4nnc5n4[C@@H](C)CC5)n3)c(OC)n2)n1. The Bertz CT molecular complexity index is 1330. The predicted molar refractivity (Wildman–Crippen MR) is 116 cm³/mol. The molecule has 5 heterocycles. The Morgan fingerprint density at radius 3 is 2.85 bits per heavy atom. The highest BCUT2D eigenvalue weighted by molar-refractivity contribution is 6.05. The van der Waals surface area contributed by atoms with E-state index in [1.165, 1.54) is 37.5 Å². The van der Waals surface area contributed by atoms with Crippen LogP contribution in [0.25, 0.3) is 17.3 Å². The molecule has 0 radical (unpaired) electrons. The van der Waals surface area contributed by atoms with Crippen molar-refractivity contribution in [2.24, 2.45) is 0 Å². The van der Waals surface area contributed by atoms with Gasteiger partial charge in [-0.1, -0.05) is 6.07 Å². The van der Waals surface area contributed by atoms with Crippen LogP contribution in [0.4, 0.5) is 5.82 Å². The molecule has 0 aliphatic carbocycles. The predicted octanol–water partition coefficient (Wildman–Crippen LogP) is 2.09. The van der Waals surface area contributed by atoms with Gasteiger partial charge in [-0.3, -0.25) is 9.78 Å². The number of ether oxygens (including phenoxy) is 2. The smallest absolute Gasteiger partial charge is 0.263 e. The van der Waals surface area contributed by atoms with Gasteiger partial charge in [-0.05, 0) is 25.5 Å². The molecule has 0 spiro atoms. The molecule has 168 valence electrons. The lowest BCUT2D eigenvalue weighted by molar-refractivity contribution is 0.102. The standard InChI is InChI=1S/C21H21N9O3/c1-12-7-8-16-26-27-19(30(12)16)14-5-4-6-15(23-14)24-20(31)13-11-29(28-21(13)33-3)17-9-22-10-18(25-17)32-2/h4-6,9-12H,7-8H2,1-3H3,(H,23,24,31)/t12-/m0/s1. The number of nitrogens with zero attached hydrogens (tertiary/aromatic N) is 8. The highest BCUT2D eigenvalue weighted by atomic mass is 16.5. The van der Waals surface area contributed by atoms with E-state index in [-0.39, 0.29) is 11.4 Å². The van der Waals surface area contributed by atoms with Crippen molar-refractivity contribution in [1.82, 2.24) is 39.5 Å². The molecule has 0 fully saturated rings. The van der Waals surface area contributed by atoms with Crippen molar-refractivity contribution in [3.8, 4) is 29.1 Å². The summed E-state index contributed by atoms with van der Waals surface area (Å²) in [6, 6.07) is 5.67. The van der Waals surface area contributed by atoms with Crippen LogP contribution in [0.2, 0.25) is 0 Å². The Morgan fingerprint density at radius 2 is 2.03 bits per heavy atom. The number of carbonyl (C=O) groups excluding carboxylic acids is 1. The van der Waals surface area contributed by atoms with E-state index in [1.54, 1.807) is 6.07 Å². The van der Waals surface area contributed by atoms with E-state index < -0.39 is 5.91 Å². The van der Waals surface area contributed by atoms with Gasteiger partial charge in [-0.15, -0.1) is 15.3 Å². The van der Waals surface area contributed by atoms with Crippen molar-refractivity contribution in [3.63, 3.8) is 0 Å². The molecule has 1 atom stereocenters. The summed E-state index contributed by atoms with van der Waals surface area (Å²) in [5.74, 6) is 2.41. The fourth-order valence-electron chi connectivity index (χ4n) is 3.74. The van der Waals surface area contributed by atoms with Gasteiger partial charge in [-0.25, -0.2) is 9.67 Å². The van der Waals surface area contributed by atoms with E-state index in [2.05, 4.69) is 47.1 Å². The summed E-state index contributed by atoms with van der Waals surface area (Å²) < 4.78 is 13.9. The molecular formula is C21H21N9O3. The number of methoxy groups -OCH3 is 2. The summed E-state index contributed by atoms with van der Waals surface area (Å²) in [6.45, 7) is 2.13. The molecule has 1 N–H and O–H groups in total. The summed E-state index contributed by atoms with van der Waals surface area (Å²) in [6.07, 6.45) is 6.40. The minimum absolute atomic E-state index is 0.136. The van der Waals surface area contributed by atoms with Gasteiger partial charge in [0.05, 0.1) is 26.6 Å². The van der Waals surface area contributed by atoms with Gasteiger partial charge in [0.2, 0.25) is 11.8 Å². The Labute approximate surface area is 188 Å². The number of rotatable bonds is 6. The van der Waals surface area contributed by atoms with Crippen LogP contribution in [0, 0.1) is 0 Å². The van der Waals surface area contributed by atoms with Crippen LogP contribution in [0.1, 0.15) is 35.6 Å². The third kappa shape index (κ3) is 3.75. The fraction of sp³-hybridized carbons (Fsp3) is 0.286. The summed E-state index contributed by atoms with van der Waals surface area (Å²) in [4.78, 5) is 25.9. The molecule has 33 heavy (non-hydrogen) atoms. The summed E-state index contributed by atoms with van der Waals surface area (Å²) in [5.41, 5.74) is 0.848. The highest BCUT2D eigenvalue weighted by Crippen LogP contribution is 2.30. The molecule has 0 unspecified atom stereocenters. The van der Waals surface area contributed by atoms with Crippen molar-refractivity contribution in [3.05, 3.63) is 48.2 Å². The maximum absolute atomic E-state index is 13.0. The van der Waals surface area contributed by atoms with Crippen molar-refractivity contribution in [2.45, 2.75) is 25.8 Å². The van der Waals surface area contributed by atoms with E-state index in [4.69, 9.17) is 9.47 Å². The third-order valence-electron chi connectivity index (χ3n) is 5.37. The van der Waals surface area contributed by atoms with Crippen molar-refractivity contribution < 1.29 is 14.3 Å². The minimum atomic E-state index is -0.432. The normalized spacial score (nSPS) is 14.7. The van der Waals surface area contributed by atoms with E-state index in [9.17, 15) is 4.79 Å². The zero-order valence-electron chi connectivity index (χ0n) is 18.3. The van der Waals surface area contributed by atoms with E-state index in [0.717, 1.165) is 18.7 Å². The molecule has 0 saturated carbocycles. The monoisotopic (exact) mass is 447 g/mol. The molecule has 5 rings (SSSR count). The summed E-state index contributed by atoms with van der Waals surface area (Å²) >= 11 is 0. The molecule has 1 amide bonds. The molecule has 12 nitrogen and oxygen atoms in total. The summed E-state index contributed by atoms with van der Waals surface area (Å²) in [7, 11) is 2.93. The van der Waals surface area contributed by atoms with Crippen LogP contribution >= 0.6 is 0 Å². The minimum Gasteiger partial charge on any atom is -0.480 e. The van der Waals surface area contributed by atoms with Crippen LogP contribution in [0.3, 0.4) is 0 Å². The lowest BCUT2D eigenvalue weighted by Crippen LogP contribution is -2.14. The molecule has 4 aromatic rings. The van der Waals surface area contributed by atoms with Gasteiger partial charge >= 0.3 is 0 Å². The van der Waals surface area contributed by atoms with Gasteiger partial charge in [0.1, 0.15) is 22.9 Å². The first-order chi connectivity index (χ1) is 16.1. The third-order valence-corrected chi connectivity index (χ3v) is 5.37. The number of carbonyl (C=O) groups is 1. The Morgan fingerprint density at radius 1 is 1.15 bits per heavy atom. The van der Waals surface area contributed by atoms with Crippen LogP contribution in [0.5, 0.6) is 11.8 Å². The molecule has 0 aromatic carbocycles. The number of anilines is 1. The molecule has 1 aliphatic rings. The van der Waals surface area contributed by atoms with Crippen molar-refractivity contribution in [1.29, 1.82) is 0 Å². The molecule has 4 aromatic heterocycles. The second-order valence-corrected chi connectivity index (χ2v) is 7.48. The number of aryl methyl sites for hydroxylation is 1. The number of hydrogen-bond acceptors (Lipinski definition) is 9. The first kappa shape index (κ1) is 20.5. The van der Waals surface area contributed by atoms with Gasteiger partial charge in [-0.2, -0.15) is 4.98 Å². The average molecular weight is 447 g/mol. The zero-order valence-corrected chi connectivity index (χ0v) is 18.3. The number of hydrogen-bond donors (Lipinski definition) is 1. The average Bonchev–Trinajstić information content (AvgIpc) is 3.55. The Hall–Kier alpha value is -4.35. The van der Waals surface area contributed by atoms with Crippen LogP contribution in [0.15, 0.2) is 36.8 Å². The second-order valence-electron chi connectivity index (χ2n) is 7.48. The van der Waals surface area contributed by atoms with Crippen LogP contribution in [-0.4, -0.2) is 59.6 Å². The number of aromatic nitrogens is 8. The zero-order chi connectivity index (χ0) is 22.9. The van der Waals surface area contributed by atoms with Crippen molar-refractivity contribution >= 4 is 11.7 Å². The van der Waals surface area contributed by atoms with Crippen molar-refractivity contribution in [2.75, 3.05) is 19.5 Å². The maximum atomic E-state index is 13.0. The van der Waals surface area contributed by atoms with Crippen LogP contribution in [-0.2, 0) is 6.42 Å². The first-order valence-electron chi connectivity index (χ1n) is 10.3. The number of fused-ring (bicyclic) bond motifs is 1. The second kappa shape index (κ2) is 8.30. The highest BCUT2D eigenvalue weighted by Gasteiger charge is 2.25. The molecule has 12 heteroatoms. The number of pyridine rings is 1. The molecular weight excluding hydrogens is 426 g/mol. The Kier molecular flexibility index (Phi) is 5.17. The Balaban J connectivity index is 1.41. The molecule has 0 bridgehead atoms. The maximum Gasteiger partial charge on any atom is 0.263 e. The van der Waals surface area contributed by atoms with Gasteiger partial charge in [0, 0.05) is 18.7 Å². The van der Waals surface area contributed by atoms with E-state index in [0.29, 0.717) is 35.1 Å². The lowest BCUT2D eigenvalue weighted by atomic mass is 10.2. The lowest BCUT2D eigenvalue weighted by Gasteiger charge is -2.10. The number of nitrogens with one attached hydrogen (secondary N) is 1. The van der Waals surface area contributed by atoms with Gasteiger partial charge in [0.25, 0.3) is 5.91 Å². The molecule has 0 saturated heterocycles. The topological polar surface area (TPSA) is 135 Å². The largest absolute Gasteiger partial charge is 0.480 e. The van der Waals surface area contributed by atoms with E-state index in [1.807, 2.05) is 12.1 Å². The quantitative estimate of drug-likeness (QED) is 0.471. The fourth-order valence-corrected chi connectivity index (χ4v) is 3.74. The first-order valence-corrected chi connectivity index (χ1v) is 10.3. The summed E-state index contributed by atoms with van der Waals surface area (Å²) in [5, 5.41) is 15.6. The van der Waals surface area contributed by atoms with Gasteiger partial charge in [0.15, 0.2) is 11.6 Å². The van der Waals surface area contributed by atoms with Gasteiger partial charge < -0.3 is 19.4 Å². The van der Waals surface area contributed by atoms with E-state index >= 15 is 0 Å².